The van der Waals surface area contributed by atoms with Gasteiger partial charge in [0.15, 0.2) is 0 Å². The summed E-state index contributed by atoms with van der Waals surface area (Å²) >= 11 is 3.32. The number of rotatable bonds is 5. The van der Waals surface area contributed by atoms with E-state index in [-0.39, 0.29) is 11.9 Å². The number of pyridine rings is 1. The number of carbonyl (C=O) groups is 1. The summed E-state index contributed by atoms with van der Waals surface area (Å²) in [5.41, 5.74) is 1.44. The average molecular weight is 334 g/mol. The van der Waals surface area contributed by atoms with E-state index in [4.69, 9.17) is 0 Å². The number of anilines is 1. The minimum Gasteiger partial charge on any atom is -0.381 e. The van der Waals surface area contributed by atoms with Crippen LogP contribution in [0.15, 0.2) is 53.1 Å². The van der Waals surface area contributed by atoms with Crippen molar-refractivity contribution in [2.75, 3.05) is 11.9 Å². The first-order valence-corrected chi connectivity index (χ1v) is 7.16. The third kappa shape index (κ3) is 4.06. The number of aromatic nitrogens is 1. The van der Waals surface area contributed by atoms with E-state index in [9.17, 15) is 4.79 Å². The molecule has 4 nitrogen and oxygen atoms in total. The van der Waals surface area contributed by atoms with Crippen molar-refractivity contribution in [3.63, 3.8) is 0 Å². The van der Waals surface area contributed by atoms with Gasteiger partial charge in [-0.25, -0.2) is 4.98 Å². The van der Waals surface area contributed by atoms with Gasteiger partial charge in [0.25, 0.3) is 5.91 Å². The van der Waals surface area contributed by atoms with E-state index in [2.05, 4.69) is 31.5 Å². The Labute approximate surface area is 126 Å². The minimum absolute atomic E-state index is 0.129. The van der Waals surface area contributed by atoms with E-state index in [0.29, 0.717) is 16.7 Å². The molecular formula is C15H16BrN3O. The van der Waals surface area contributed by atoms with Gasteiger partial charge in [-0.15, -0.1) is 0 Å². The topological polar surface area (TPSA) is 54.0 Å². The van der Waals surface area contributed by atoms with Crippen LogP contribution in [0, 0.1) is 0 Å². The van der Waals surface area contributed by atoms with E-state index in [1.165, 1.54) is 0 Å². The molecule has 1 unspecified atom stereocenters. The summed E-state index contributed by atoms with van der Waals surface area (Å²) in [7, 11) is 0. The molecular weight excluding hydrogens is 318 g/mol. The van der Waals surface area contributed by atoms with E-state index in [1.807, 2.05) is 37.3 Å². The fraction of sp³-hybridized carbons (Fsp3) is 0.200. The predicted octanol–water partition coefficient (Wildman–Crippen LogP) is 3.07. The molecule has 1 heterocycles. The molecule has 0 bridgehead atoms. The first kappa shape index (κ1) is 14.5. The summed E-state index contributed by atoms with van der Waals surface area (Å²) in [5.74, 6) is -0.181. The van der Waals surface area contributed by atoms with Crippen molar-refractivity contribution in [3.05, 3.63) is 58.8 Å². The van der Waals surface area contributed by atoms with Gasteiger partial charge in [-0.2, -0.15) is 0 Å². The number of halogens is 1. The van der Waals surface area contributed by atoms with Gasteiger partial charge < -0.3 is 10.6 Å². The van der Waals surface area contributed by atoms with Crippen molar-refractivity contribution in [3.8, 4) is 0 Å². The molecule has 0 saturated heterocycles. The van der Waals surface area contributed by atoms with Crippen molar-refractivity contribution in [1.29, 1.82) is 0 Å². The zero-order valence-electron chi connectivity index (χ0n) is 11.1. The number of nitrogens with one attached hydrogen (secondary N) is 2. The number of amides is 1. The highest BCUT2D eigenvalue weighted by atomic mass is 79.9. The van der Waals surface area contributed by atoms with Gasteiger partial charge in [0, 0.05) is 28.9 Å². The zero-order valence-corrected chi connectivity index (χ0v) is 12.7. The molecule has 2 aromatic rings. The molecule has 0 radical (unpaired) electrons. The standard InChI is InChI=1S/C15H16BrN3O/c1-11(19-12-6-3-2-4-7-12)10-18-15(20)14-13(16)8-5-9-17-14/h2-9,11,19H,10H2,1H3,(H,18,20). The maximum atomic E-state index is 12.0. The smallest absolute Gasteiger partial charge is 0.271 e. The summed E-state index contributed by atoms with van der Waals surface area (Å²) < 4.78 is 0.696. The molecule has 1 aromatic carbocycles. The molecule has 1 amide bonds. The number of para-hydroxylation sites is 1. The second kappa shape index (κ2) is 7.05. The third-order valence-corrected chi connectivity index (χ3v) is 3.37. The van der Waals surface area contributed by atoms with Gasteiger partial charge in [-0.05, 0) is 47.1 Å². The first-order valence-electron chi connectivity index (χ1n) is 6.37. The molecule has 1 aromatic heterocycles. The summed E-state index contributed by atoms with van der Waals surface area (Å²) in [5, 5.41) is 6.18. The lowest BCUT2D eigenvalue weighted by Gasteiger charge is -2.16. The second-order valence-electron chi connectivity index (χ2n) is 4.46. The lowest BCUT2D eigenvalue weighted by molar-refractivity contribution is 0.0946. The van der Waals surface area contributed by atoms with Crippen molar-refractivity contribution >= 4 is 27.5 Å². The monoisotopic (exact) mass is 333 g/mol. The van der Waals surface area contributed by atoms with E-state index in [0.717, 1.165) is 5.69 Å². The number of carbonyl (C=O) groups excluding carboxylic acids is 1. The highest BCUT2D eigenvalue weighted by Gasteiger charge is 2.11. The fourth-order valence-corrected chi connectivity index (χ4v) is 2.19. The second-order valence-corrected chi connectivity index (χ2v) is 5.31. The molecule has 0 aliphatic rings. The Kier molecular flexibility index (Phi) is 5.12. The molecule has 0 spiro atoms. The molecule has 20 heavy (non-hydrogen) atoms. The van der Waals surface area contributed by atoms with Gasteiger partial charge >= 0.3 is 0 Å². The number of hydrogen-bond donors (Lipinski definition) is 2. The van der Waals surface area contributed by atoms with Crippen LogP contribution in [0.5, 0.6) is 0 Å². The zero-order chi connectivity index (χ0) is 14.4. The molecule has 2 N–H and O–H groups in total. The maximum Gasteiger partial charge on any atom is 0.271 e. The molecule has 104 valence electrons. The van der Waals surface area contributed by atoms with Crippen LogP contribution in [-0.4, -0.2) is 23.5 Å². The fourth-order valence-electron chi connectivity index (χ4n) is 1.75. The van der Waals surface area contributed by atoms with Crippen LogP contribution < -0.4 is 10.6 Å². The van der Waals surface area contributed by atoms with Gasteiger partial charge in [0.05, 0.1) is 0 Å². The highest BCUT2D eigenvalue weighted by Crippen LogP contribution is 2.13. The lowest BCUT2D eigenvalue weighted by atomic mass is 10.2. The molecule has 0 saturated carbocycles. The molecule has 5 heteroatoms. The highest BCUT2D eigenvalue weighted by molar-refractivity contribution is 9.10. The summed E-state index contributed by atoms with van der Waals surface area (Å²) in [6.07, 6.45) is 1.60. The average Bonchev–Trinajstić information content (AvgIpc) is 2.46. The van der Waals surface area contributed by atoms with Crippen LogP contribution in [0.2, 0.25) is 0 Å². The van der Waals surface area contributed by atoms with Crippen LogP contribution >= 0.6 is 15.9 Å². The lowest BCUT2D eigenvalue weighted by Crippen LogP contribution is -2.35. The van der Waals surface area contributed by atoms with Crippen molar-refractivity contribution in [2.45, 2.75) is 13.0 Å². The van der Waals surface area contributed by atoms with Gasteiger partial charge in [0.1, 0.15) is 5.69 Å². The van der Waals surface area contributed by atoms with E-state index in [1.54, 1.807) is 18.3 Å². The Morgan fingerprint density at radius 1 is 1.25 bits per heavy atom. The number of hydrogen-bond acceptors (Lipinski definition) is 3. The maximum absolute atomic E-state index is 12.0. The van der Waals surface area contributed by atoms with Crippen LogP contribution in [0.25, 0.3) is 0 Å². The van der Waals surface area contributed by atoms with Crippen LogP contribution in [0.3, 0.4) is 0 Å². The number of benzene rings is 1. The molecule has 0 aliphatic carbocycles. The predicted molar refractivity (Wildman–Crippen MR) is 83.8 cm³/mol. The Balaban J connectivity index is 1.86. The largest absolute Gasteiger partial charge is 0.381 e. The molecule has 0 fully saturated rings. The molecule has 1 atom stereocenters. The number of nitrogens with zero attached hydrogens (tertiary/aromatic N) is 1. The normalized spacial score (nSPS) is 11.7. The van der Waals surface area contributed by atoms with Gasteiger partial charge in [-0.3, -0.25) is 4.79 Å². The van der Waals surface area contributed by atoms with Crippen molar-refractivity contribution < 1.29 is 4.79 Å². The third-order valence-electron chi connectivity index (χ3n) is 2.73. The minimum atomic E-state index is -0.181. The first-order chi connectivity index (χ1) is 9.66. The van der Waals surface area contributed by atoms with Gasteiger partial charge in [0.2, 0.25) is 0 Å². The van der Waals surface area contributed by atoms with Crippen molar-refractivity contribution in [2.24, 2.45) is 0 Å². The molecule has 0 aliphatic heterocycles. The van der Waals surface area contributed by atoms with Crippen LogP contribution in [0.4, 0.5) is 5.69 Å². The van der Waals surface area contributed by atoms with Crippen molar-refractivity contribution in [1.82, 2.24) is 10.3 Å². The summed E-state index contributed by atoms with van der Waals surface area (Å²) in [6, 6.07) is 13.6. The summed E-state index contributed by atoms with van der Waals surface area (Å²) in [6.45, 7) is 2.54. The Morgan fingerprint density at radius 2 is 2.00 bits per heavy atom. The summed E-state index contributed by atoms with van der Waals surface area (Å²) in [4.78, 5) is 16.1. The van der Waals surface area contributed by atoms with E-state index < -0.39 is 0 Å². The van der Waals surface area contributed by atoms with Crippen LogP contribution in [0.1, 0.15) is 17.4 Å². The van der Waals surface area contributed by atoms with E-state index >= 15 is 0 Å². The SMILES string of the molecule is CC(CNC(=O)c1ncccc1Br)Nc1ccccc1. The van der Waals surface area contributed by atoms with Gasteiger partial charge in [-0.1, -0.05) is 18.2 Å². The van der Waals surface area contributed by atoms with Crippen LogP contribution in [-0.2, 0) is 0 Å². The Morgan fingerprint density at radius 3 is 2.70 bits per heavy atom. The quantitative estimate of drug-likeness (QED) is 0.884. The Hall–Kier alpha value is -1.88. The Bertz CT molecular complexity index is 574. The molecule has 2 rings (SSSR count).